The molecule has 0 radical (unpaired) electrons. The zero-order chi connectivity index (χ0) is 17.5. The highest BCUT2D eigenvalue weighted by Crippen LogP contribution is 2.28. The first kappa shape index (κ1) is 18.5. The maximum Gasteiger partial charge on any atom is 0.303 e. The van der Waals surface area contributed by atoms with E-state index in [1.807, 2.05) is 43.3 Å². The Balaban J connectivity index is 2.02. The zero-order valence-corrected chi connectivity index (χ0v) is 14.9. The predicted octanol–water partition coefficient (Wildman–Crippen LogP) is 4.10. The molecule has 0 aliphatic rings. The normalized spacial score (nSPS) is 13.2. The van der Waals surface area contributed by atoms with Crippen LogP contribution in [0.4, 0.5) is 0 Å². The summed E-state index contributed by atoms with van der Waals surface area (Å²) in [6.07, 6.45) is 1.03. The van der Waals surface area contributed by atoms with Crippen LogP contribution in [0.15, 0.2) is 42.5 Å². The summed E-state index contributed by atoms with van der Waals surface area (Å²) in [6.45, 7) is 1.83. The molecule has 1 heterocycles. The Labute approximate surface area is 150 Å². The molecule has 1 aromatic heterocycles. The third-order valence-electron chi connectivity index (χ3n) is 3.79. The second-order valence-electron chi connectivity index (χ2n) is 5.69. The summed E-state index contributed by atoms with van der Waals surface area (Å²) >= 11 is 7.31. The molecular weight excluding hydrogens is 346 g/mol. The summed E-state index contributed by atoms with van der Waals surface area (Å²) in [5.41, 5.74) is 1.07. The van der Waals surface area contributed by atoms with Crippen LogP contribution in [0.1, 0.15) is 36.1 Å². The highest BCUT2D eigenvalue weighted by molar-refractivity contribution is 7.16. The number of benzene rings is 1. The Hall–Kier alpha value is -1.85. The number of carbonyl (C=O) groups excluding carboxylic acids is 1. The molecule has 2 rings (SSSR count). The number of hydrogen-bond acceptors (Lipinski definition) is 3. The van der Waals surface area contributed by atoms with Crippen LogP contribution in [-0.4, -0.2) is 23.0 Å². The first-order valence-corrected chi connectivity index (χ1v) is 8.96. The number of carboxylic acids is 1. The van der Waals surface area contributed by atoms with Crippen molar-refractivity contribution in [3.8, 4) is 0 Å². The Morgan fingerprint density at radius 3 is 2.50 bits per heavy atom. The van der Waals surface area contributed by atoms with Crippen LogP contribution < -0.4 is 5.32 Å². The Morgan fingerprint density at radius 1 is 1.21 bits per heavy atom. The van der Waals surface area contributed by atoms with E-state index in [9.17, 15) is 9.59 Å². The van der Waals surface area contributed by atoms with E-state index in [4.69, 9.17) is 16.7 Å². The third-order valence-corrected chi connectivity index (χ3v) is 5.21. The van der Waals surface area contributed by atoms with Gasteiger partial charge in [0.2, 0.25) is 5.91 Å². The van der Waals surface area contributed by atoms with Gasteiger partial charge >= 0.3 is 5.97 Å². The van der Waals surface area contributed by atoms with Crippen molar-refractivity contribution < 1.29 is 14.7 Å². The van der Waals surface area contributed by atoms with Gasteiger partial charge in [0, 0.05) is 17.3 Å². The van der Waals surface area contributed by atoms with Crippen molar-refractivity contribution in [2.45, 2.75) is 38.1 Å². The first-order valence-electron chi connectivity index (χ1n) is 7.77. The molecule has 1 aromatic carbocycles. The van der Waals surface area contributed by atoms with Gasteiger partial charge in [0.1, 0.15) is 0 Å². The molecule has 0 aliphatic heterocycles. The Morgan fingerprint density at radius 2 is 1.92 bits per heavy atom. The van der Waals surface area contributed by atoms with Crippen LogP contribution in [-0.2, 0) is 16.0 Å². The molecule has 1 amide bonds. The van der Waals surface area contributed by atoms with E-state index in [0.29, 0.717) is 17.2 Å². The average Bonchev–Trinajstić information content (AvgIpc) is 2.99. The summed E-state index contributed by atoms with van der Waals surface area (Å²) < 4.78 is 0.649. The minimum atomic E-state index is -0.861. The van der Waals surface area contributed by atoms with Crippen LogP contribution >= 0.6 is 22.9 Å². The first-order chi connectivity index (χ1) is 11.5. The van der Waals surface area contributed by atoms with Crippen molar-refractivity contribution >= 4 is 34.8 Å². The van der Waals surface area contributed by atoms with E-state index in [2.05, 4.69) is 5.32 Å². The minimum absolute atomic E-state index is 0.0248. The van der Waals surface area contributed by atoms with Gasteiger partial charge in [-0.25, -0.2) is 0 Å². The zero-order valence-electron chi connectivity index (χ0n) is 13.4. The third kappa shape index (κ3) is 5.65. The number of hydrogen-bond donors (Lipinski definition) is 2. The van der Waals surface area contributed by atoms with Crippen molar-refractivity contribution in [2.24, 2.45) is 0 Å². The Bertz CT molecular complexity index is 687. The molecule has 4 nitrogen and oxygen atoms in total. The number of carbonyl (C=O) groups is 2. The van der Waals surface area contributed by atoms with Crippen LogP contribution in [0, 0.1) is 0 Å². The van der Waals surface area contributed by atoms with E-state index < -0.39 is 5.97 Å². The highest BCUT2D eigenvalue weighted by atomic mass is 35.5. The van der Waals surface area contributed by atoms with Crippen LogP contribution in [0.3, 0.4) is 0 Å². The Kier molecular flexibility index (Phi) is 6.82. The molecule has 2 atom stereocenters. The molecule has 2 unspecified atom stereocenters. The lowest BCUT2D eigenvalue weighted by atomic mass is 10.0. The van der Waals surface area contributed by atoms with Crippen molar-refractivity contribution in [2.75, 3.05) is 0 Å². The number of rotatable bonds is 8. The molecule has 128 valence electrons. The second kappa shape index (κ2) is 8.85. The van der Waals surface area contributed by atoms with Gasteiger partial charge in [0.15, 0.2) is 0 Å². The van der Waals surface area contributed by atoms with Crippen LogP contribution in [0.25, 0.3) is 0 Å². The number of carboxylic acid groups (broad SMARTS) is 1. The van der Waals surface area contributed by atoms with Gasteiger partial charge in [-0.3, -0.25) is 9.59 Å². The van der Waals surface area contributed by atoms with Gasteiger partial charge in [-0.1, -0.05) is 41.9 Å². The van der Waals surface area contributed by atoms with E-state index in [-0.39, 0.29) is 24.3 Å². The van der Waals surface area contributed by atoms with E-state index in [1.54, 1.807) is 6.07 Å². The standard InChI is InChI=1S/C18H20ClNO3S/c1-12(15-8-9-16(19)24-15)18(23)20-14(7-10-17(21)22)11-13-5-3-2-4-6-13/h2-6,8-9,12,14H,7,10-11H2,1H3,(H,20,23)(H,21,22). The van der Waals surface area contributed by atoms with Gasteiger partial charge in [-0.15, -0.1) is 11.3 Å². The SMILES string of the molecule is CC(C(=O)NC(CCC(=O)O)Cc1ccccc1)c1ccc(Cl)s1. The molecule has 0 fully saturated rings. The fourth-order valence-electron chi connectivity index (χ4n) is 2.44. The number of thiophene rings is 1. The fourth-order valence-corrected chi connectivity index (χ4v) is 3.55. The summed E-state index contributed by atoms with van der Waals surface area (Å²) in [5.74, 6) is -1.29. The van der Waals surface area contributed by atoms with E-state index >= 15 is 0 Å². The lowest BCUT2D eigenvalue weighted by molar-refractivity contribution is -0.137. The molecular formula is C18H20ClNO3S. The summed E-state index contributed by atoms with van der Waals surface area (Å²) in [7, 11) is 0. The fraction of sp³-hybridized carbons (Fsp3) is 0.333. The molecule has 0 saturated heterocycles. The van der Waals surface area contributed by atoms with Gasteiger partial charge in [0.25, 0.3) is 0 Å². The van der Waals surface area contributed by atoms with Crippen LogP contribution in [0.2, 0.25) is 4.34 Å². The molecule has 2 aromatic rings. The van der Waals surface area contributed by atoms with Gasteiger partial charge in [0.05, 0.1) is 10.3 Å². The lowest BCUT2D eigenvalue weighted by Crippen LogP contribution is -2.39. The second-order valence-corrected chi connectivity index (χ2v) is 7.44. The molecule has 2 N–H and O–H groups in total. The van der Waals surface area contributed by atoms with Crippen molar-refractivity contribution in [1.82, 2.24) is 5.32 Å². The largest absolute Gasteiger partial charge is 0.481 e. The quantitative estimate of drug-likeness (QED) is 0.740. The molecule has 0 aliphatic carbocycles. The van der Waals surface area contributed by atoms with Gasteiger partial charge < -0.3 is 10.4 Å². The van der Waals surface area contributed by atoms with Crippen molar-refractivity contribution in [3.05, 3.63) is 57.2 Å². The van der Waals surface area contributed by atoms with E-state index in [0.717, 1.165) is 10.4 Å². The molecule has 0 spiro atoms. The topological polar surface area (TPSA) is 66.4 Å². The summed E-state index contributed by atoms with van der Waals surface area (Å²) in [6, 6.07) is 13.2. The van der Waals surface area contributed by atoms with Crippen LogP contribution in [0.5, 0.6) is 0 Å². The summed E-state index contributed by atoms with van der Waals surface area (Å²) in [5, 5.41) is 11.9. The maximum atomic E-state index is 12.5. The summed E-state index contributed by atoms with van der Waals surface area (Å²) in [4.78, 5) is 24.3. The number of aliphatic carboxylic acids is 1. The van der Waals surface area contributed by atoms with Crippen molar-refractivity contribution in [1.29, 1.82) is 0 Å². The maximum absolute atomic E-state index is 12.5. The smallest absolute Gasteiger partial charge is 0.303 e. The molecule has 0 saturated carbocycles. The molecule has 24 heavy (non-hydrogen) atoms. The monoisotopic (exact) mass is 365 g/mol. The van der Waals surface area contributed by atoms with Gasteiger partial charge in [-0.2, -0.15) is 0 Å². The number of nitrogens with one attached hydrogen (secondary N) is 1. The number of amides is 1. The predicted molar refractivity (Wildman–Crippen MR) is 96.7 cm³/mol. The number of halogens is 1. The molecule has 6 heteroatoms. The van der Waals surface area contributed by atoms with Crippen molar-refractivity contribution in [3.63, 3.8) is 0 Å². The lowest BCUT2D eigenvalue weighted by Gasteiger charge is -2.20. The highest BCUT2D eigenvalue weighted by Gasteiger charge is 2.21. The minimum Gasteiger partial charge on any atom is -0.481 e. The average molecular weight is 366 g/mol. The van der Waals surface area contributed by atoms with Gasteiger partial charge in [-0.05, 0) is 37.5 Å². The van der Waals surface area contributed by atoms with E-state index in [1.165, 1.54) is 11.3 Å². The molecule has 0 bridgehead atoms.